The number of hydrogen-bond donors (Lipinski definition) is 1. The standard InChI is InChI=1S/C21H20N2O4/c1-26-15-7-8-18-16(11-15)20(24)17(12-22-18)21(25)23-9-10-27-19(13-23)14-5-3-2-4-6-14/h2-8,11-12,19H,9-10,13H2,1H3,(H,22,24)/t19-/m1/s1. The van der Waals surface area contributed by atoms with E-state index in [2.05, 4.69) is 4.98 Å². The average molecular weight is 364 g/mol. The van der Waals surface area contributed by atoms with Gasteiger partial charge >= 0.3 is 0 Å². The second kappa shape index (κ2) is 7.25. The molecule has 138 valence electrons. The van der Waals surface area contributed by atoms with Gasteiger partial charge in [-0.2, -0.15) is 0 Å². The van der Waals surface area contributed by atoms with Crippen molar-refractivity contribution in [3.8, 4) is 5.75 Å². The second-order valence-electron chi connectivity index (χ2n) is 6.46. The Morgan fingerprint density at radius 3 is 2.81 bits per heavy atom. The van der Waals surface area contributed by atoms with Gasteiger partial charge in [-0.3, -0.25) is 9.59 Å². The Balaban J connectivity index is 1.64. The zero-order valence-corrected chi connectivity index (χ0v) is 15.0. The number of hydrogen-bond acceptors (Lipinski definition) is 4. The number of fused-ring (bicyclic) bond motifs is 1. The maximum atomic E-state index is 13.0. The summed E-state index contributed by atoms with van der Waals surface area (Å²) in [7, 11) is 1.54. The molecule has 6 heteroatoms. The molecule has 1 fully saturated rings. The molecule has 1 aliphatic rings. The Labute approximate surface area is 156 Å². The SMILES string of the molecule is COc1ccc2[nH]cc(C(=O)N3CCO[C@@H](c4ccccc4)C3)c(=O)c2c1. The van der Waals surface area contributed by atoms with Gasteiger partial charge in [0.2, 0.25) is 5.43 Å². The lowest BCUT2D eigenvalue weighted by atomic mass is 10.1. The summed E-state index contributed by atoms with van der Waals surface area (Å²) in [5, 5.41) is 0.438. The van der Waals surface area contributed by atoms with Crippen LogP contribution in [0.5, 0.6) is 5.75 Å². The van der Waals surface area contributed by atoms with Crippen LogP contribution in [0.1, 0.15) is 22.0 Å². The zero-order valence-electron chi connectivity index (χ0n) is 15.0. The van der Waals surface area contributed by atoms with Crippen molar-refractivity contribution >= 4 is 16.8 Å². The molecule has 1 amide bonds. The van der Waals surface area contributed by atoms with Crippen LogP contribution in [-0.4, -0.2) is 42.6 Å². The number of benzene rings is 2. The van der Waals surface area contributed by atoms with Gasteiger partial charge in [-0.1, -0.05) is 30.3 Å². The lowest BCUT2D eigenvalue weighted by Gasteiger charge is -2.33. The average Bonchev–Trinajstić information content (AvgIpc) is 2.74. The fourth-order valence-electron chi connectivity index (χ4n) is 3.36. The van der Waals surface area contributed by atoms with Crippen molar-refractivity contribution in [2.75, 3.05) is 26.8 Å². The van der Waals surface area contributed by atoms with Crippen molar-refractivity contribution in [2.45, 2.75) is 6.10 Å². The Kier molecular flexibility index (Phi) is 4.64. The van der Waals surface area contributed by atoms with E-state index >= 15 is 0 Å². The number of nitrogens with one attached hydrogen (secondary N) is 1. The van der Waals surface area contributed by atoms with Crippen molar-refractivity contribution in [1.82, 2.24) is 9.88 Å². The molecule has 0 radical (unpaired) electrons. The van der Waals surface area contributed by atoms with Crippen LogP contribution in [-0.2, 0) is 4.74 Å². The van der Waals surface area contributed by atoms with Crippen molar-refractivity contribution < 1.29 is 14.3 Å². The van der Waals surface area contributed by atoms with Crippen LogP contribution in [0.15, 0.2) is 59.5 Å². The first kappa shape index (κ1) is 17.3. The smallest absolute Gasteiger partial charge is 0.259 e. The van der Waals surface area contributed by atoms with Crippen LogP contribution >= 0.6 is 0 Å². The number of ether oxygens (including phenoxy) is 2. The molecular formula is C21H20N2O4. The third-order valence-electron chi connectivity index (χ3n) is 4.84. The van der Waals surface area contributed by atoms with E-state index in [0.29, 0.717) is 36.3 Å². The summed E-state index contributed by atoms with van der Waals surface area (Å²) in [5.74, 6) is 0.290. The highest BCUT2D eigenvalue weighted by Gasteiger charge is 2.27. The normalized spacial score (nSPS) is 17.1. The van der Waals surface area contributed by atoms with Crippen LogP contribution < -0.4 is 10.2 Å². The predicted molar refractivity (Wildman–Crippen MR) is 102 cm³/mol. The van der Waals surface area contributed by atoms with Crippen LogP contribution in [0.3, 0.4) is 0 Å². The van der Waals surface area contributed by atoms with E-state index in [1.807, 2.05) is 30.3 Å². The number of amides is 1. The highest BCUT2D eigenvalue weighted by molar-refractivity contribution is 5.97. The molecule has 0 spiro atoms. The molecule has 0 unspecified atom stereocenters. The van der Waals surface area contributed by atoms with E-state index in [4.69, 9.17) is 9.47 Å². The Hall–Kier alpha value is -3.12. The minimum Gasteiger partial charge on any atom is -0.497 e. The largest absolute Gasteiger partial charge is 0.497 e. The van der Waals surface area contributed by atoms with Gasteiger partial charge in [-0.25, -0.2) is 0 Å². The molecular weight excluding hydrogens is 344 g/mol. The quantitative estimate of drug-likeness (QED) is 0.776. The number of carbonyl (C=O) groups is 1. The Bertz CT molecular complexity index is 1030. The lowest BCUT2D eigenvalue weighted by Crippen LogP contribution is -2.43. The Morgan fingerprint density at radius 2 is 2.04 bits per heavy atom. The summed E-state index contributed by atoms with van der Waals surface area (Å²) in [6, 6.07) is 15.0. The first-order valence-electron chi connectivity index (χ1n) is 8.82. The van der Waals surface area contributed by atoms with E-state index in [1.165, 1.54) is 6.20 Å². The van der Waals surface area contributed by atoms with Crippen molar-refractivity contribution in [2.24, 2.45) is 0 Å². The predicted octanol–water partition coefficient (Wildman–Crippen LogP) is 2.75. The van der Waals surface area contributed by atoms with Gasteiger partial charge in [0.15, 0.2) is 0 Å². The van der Waals surface area contributed by atoms with Crippen LogP contribution in [0.4, 0.5) is 0 Å². The molecule has 1 atom stereocenters. The first-order valence-corrected chi connectivity index (χ1v) is 8.82. The molecule has 2 aromatic carbocycles. The summed E-state index contributed by atoms with van der Waals surface area (Å²) in [4.78, 5) is 30.6. The summed E-state index contributed by atoms with van der Waals surface area (Å²) < 4.78 is 11.0. The van der Waals surface area contributed by atoms with Crippen LogP contribution in [0.2, 0.25) is 0 Å². The van der Waals surface area contributed by atoms with E-state index in [1.54, 1.807) is 30.2 Å². The molecule has 1 N–H and O–H groups in total. The van der Waals surface area contributed by atoms with Gasteiger partial charge < -0.3 is 19.4 Å². The first-order chi connectivity index (χ1) is 13.2. The molecule has 0 saturated carbocycles. The van der Waals surface area contributed by atoms with Crippen LogP contribution in [0.25, 0.3) is 10.9 Å². The van der Waals surface area contributed by atoms with E-state index < -0.39 is 0 Å². The molecule has 6 nitrogen and oxygen atoms in total. The van der Waals surface area contributed by atoms with E-state index in [-0.39, 0.29) is 23.0 Å². The molecule has 3 aromatic rings. The molecule has 1 aliphatic heterocycles. The highest BCUT2D eigenvalue weighted by Crippen LogP contribution is 2.23. The van der Waals surface area contributed by atoms with Gasteiger partial charge in [-0.15, -0.1) is 0 Å². The fraction of sp³-hybridized carbons (Fsp3) is 0.238. The fourth-order valence-corrected chi connectivity index (χ4v) is 3.36. The van der Waals surface area contributed by atoms with Gasteiger partial charge in [-0.05, 0) is 23.8 Å². The van der Waals surface area contributed by atoms with Crippen LogP contribution in [0, 0.1) is 0 Å². The molecule has 0 aliphatic carbocycles. The van der Waals surface area contributed by atoms with Gasteiger partial charge in [0, 0.05) is 23.6 Å². The van der Waals surface area contributed by atoms with E-state index in [0.717, 1.165) is 5.56 Å². The van der Waals surface area contributed by atoms with Crippen molar-refractivity contribution in [1.29, 1.82) is 0 Å². The monoisotopic (exact) mass is 364 g/mol. The molecule has 4 rings (SSSR count). The number of methoxy groups -OCH3 is 1. The molecule has 1 saturated heterocycles. The number of H-pyrrole nitrogens is 1. The molecule has 27 heavy (non-hydrogen) atoms. The third-order valence-corrected chi connectivity index (χ3v) is 4.84. The number of morpholine rings is 1. The number of aromatic nitrogens is 1. The lowest BCUT2D eigenvalue weighted by molar-refractivity contribution is -0.0228. The number of pyridine rings is 1. The van der Waals surface area contributed by atoms with E-state index in [9.17, 15) is 9.59 Å². The minimum atomic E-state index is -0.296. The summed E-state index contributed by atoms with van der Waals surface area (Å²) >= 11 is 0. The summed E-state index contributed by atoms with van der Waals surface area (Å²) in [6.07, 6.45) is 1.30. The number of carbonyl (C=O) groups excluding carboxylic acids is 1. The number of aromatic amines is 1. The maximum Gasteiger partial charge on any atom is 0.259 e. The second-order valence-corrected chi connectivity index (χ2v) is 6.46. The Morgan fingerprint density at radius 1 is 1.22 bits per heavy atom. The van der Waals surface area contributed by atoms with Crippen molar-refractivity contribution in [3.05, 3.63) is 76.1 Å². The third kappa shape index (κ3) is 3.31. The molecule has 2 heterocycles. The number of rotatable bonds is 3. The minimum absolute atomic E-state index is 0.129. The molecule has 1 aromatic heterocycles. The van der Waals surface area contributed by atoms with Gasteiger partial charge in [0.05, 0.1) is 20.3 Å². The zero-order chi connectivity index (χ0) is 18.8. The van der Waals surface area contributed by atoms with Gasteiger partial charge in [0.25, 0.3) is 5.91 Å². The van der Waals surface area contributed by atoms with Crippen molar-refractivity contribution in [3.63, 3.8) is 0 Å². The summed E-state index contributed by atoms with van der Waals surface area (Å²) in [5.41, 5.74) is 1.52. The van der Waals surface area contributed by atoms with Gasteiger partial charge in [0.1, 0.15) is 17.4 Å². The topological polar surface area (TPSA) is 71.6 Å². The highest BCUT2D eigenvalue weighted by atomic mass is 16.5. The molecule has 0 bridgehead atoms. The number of nitrogens with zero attached hydrogens (tertiary/aromatic N) is 1. The summed E-state index contributed by atoms with van der Waals surface area (Å²) in [6.45, 7) is 1.31. The maximum absolute atomic E-state index is 13.0.